The van der Waals surface area contributed by atoms with Crippen molar-refractivity contribution in [3.8, 4) is 0 Å². The van der Waals surface area contributed by atoms with Crippen molar-refractivity contribution in [2.24, 2.45) is 0 Å². The van der Waals surface area contributed by atoms with Crippen molar-refractivity contribution >= 4 is 29.2 Å². The van der Waals surface area contributed by atoms with Crippen molar-refractivity contribution in [1.82, 2.24) is 9.88 Å². The van der Waals surface area contributed by atoms with E-state index in [4.69, 9.17) is 5.73 Å². The van der Waals surface area contributed by atoms with Crippen LogP contribution in [0.1, 0.15) is 24.2 Å². The third-order valence-electron chi connectivity index (χ3n) is 4.74. The highest BCUT2D eigenvalue weighted by molar-refractivity contribution is 6.05. The van der Waals surface area contributed by atoms with Crippen molar-refractivity contribution in [1.29, 1.82) is 0 Å². The number of carbonyl (C=O) groups is 2. The van der Waals surface area contributed by atoms with Crippen LogP contribution >= 0.6 is 0 Å². The first kappa shape index (κ1) is 18.5. The lowest BCUT2D eigenvalue weighted by atomic mass is 10.1. The quantitative estimate of drug-likeness (QED) is 0.717. The molecule has 0 aliphatic carbocycles. The number of carbonyl (C=O) groups excluding carboxylic acids is 1. The summed E-state index contributed by atoms with van der Waals surface area (Å²) in [6.45, 7) is 4.79. The molecule has 8 heteroatoms. The molecule has 2 aromatic rings. The van der Waals surface area contributed by atoms with E-state index in [0.29, 0.717) is 30.0 Å². The van der Waals surface area contributed by atoms with Gasteiger partial charge in [0.25, 0.3) is 5.91 Å². The van der Waals surface area contributed by atoms with E-state index in [1.54, 1.807) is 36.4 Å². The van der Waals surface area contributed by atoms with Crippen molar-refractivity contribution < 1.29 is 14.7 Å². The van der Waals surface area contributed by atoms with Crippen molar-refractivity contribution in [2.45, 2.75) is 25.9 Å². The third kappa shape index (κ3) is 3.94. The smallest absolute Gasteiger partial charge is 0.407 e. The second-order valence-electron chi connectivity index (χ2n) is 6.73. The number of benzene rings is 1. The molecule has 2 unspecified atom stereocenters. The highest BCUT2D eigenvalue weighted by Gasteiger charge is 2.32. The van der Waals surface area contributed by atoms with Crippen LogP contribution in [0.15, 0.2) is 42.6 Å². The van der Waals surface area contributed by atoms with Crippen LogP contribution in [0, 0.1) is 0 Å². The van der Waals surface area contributed by atoms with Gasteiger partial charge in [0.05, 0.1) is 16.9 Å². The average molecular weight is 369 g/mol. The van der Waals surface area contributed by atoms with Crippen LogP contribution in [0.5, 0.6) is 0 Å². The first-order valence-electron chi connectivity index (χ1n) is 8.75. The molecule has 142 valence electrons. The summed E-state index contributed by atoms with van der Waals surface area (Å²) < 4.78 is 0. The summed E-state index contributed by atoms with van der Waals surface area (Å²) >= 11 is 0. The lowest BCUT2D eigenvalue weighted by Crippen LogP contribution is -2.58. The zero-order chi connectivity index (χ0) is 19.6. The molecule has 27 heavy (non-hydrogen) atoms. The molecule has 2 heterocycles. The van der Waals surface area contributed by atoms with Crippen LogP contribution in [-0.2, 0) is 0 Å². The molecule has 1 fully saturated rings. The maximum atomic E-state index is 12.4. The predicted octanol–water partition coefficient (Wildman–Crippen LogP) is 2.49. The topological polar surface area (TPSA) is 112 Å². The van der Waals surface area contributed by atoms with Gasteiger partial charge < -0.3 is 26.0 Å². The van der Waals surface area contributed by atoms with Gasteiger partial charge in [-0.3, -0.25) is 4.79 Å². The molecular formula is C19H23N5O3. The highest BCUT2D eigenvalue weighted by atomic mass is 16.4. The number of amides is 2. The molecule has 8 nitrogen and oxygen atoms in total. The van der Waals surface area contributed by atoms with Gasteiger partial charge in [-0.15, -0.1) is 0 Å². The Morgan fingerprint density at radius 2 is 1.89 bits per heavy atom. The first-order chi connectivity index (χ1) is 12.9. The molecule has 0 saturated carbocycles. The minimum atomic E-state index is -0.908. The Bertz CT molecular complexity index is 839. The summed E-state index contributed by atoms with van der Waals surface area (Å²) in [5, 5.41) is 12.0. The molecular weight excluding hydrogens is 346 g/mol. The molecule has 2 amide bonds. The minimum Gasteiger partial charge on any atom is -0.465 e. The molecule has 0 spiro atoms. The molecule has 0 bridgehead atoms. The molecule has 2 atom stereocenters. The summed E-state index contributed by atoms with van der Waals surface area (Å²) in [7, 11) is 0. The Kier molecular flexibility index (Phi) is 5.16. The number of nitrogen functional groups attached to an aromatic ring is 1. The molecule has 1 aromatic heterocycles. The molecule has 1 aliphatic heterocycles. The Hall–Kier alpha value is -3.29. The largest absolute Gasteiger partial charge is 0.465 e. The van der Waals surface area contributed by atoms with E-state index in [1.165, 1.54) is 11.1 Å². The molecule has 1 saturated heterocycles. The van der Waals surface area contributed by atoms with Gasteiger partial charge in [-0.25, -0.2) is 9.78 Å². The SMILES string of the molecule is CC1CN(c2ccc(C(=O)Nc3ccccc3N)cn2)C(C)CN1C(=O)O. The maximum Gasteiger partial charge on any atom is 0.407 e. The van der Waals surface area contributed by atoms with Gasteiger partial charge in [0.2, 0.25) is 0 Å². The molecule has 1 aromatic carbocycles. The summed E-state index contributed by atoms with van der Waals surface area (Å²) in [4.78, 5) is 31.6. The third-order valence-corrected chi connectivity index (χ3v) is 4.74. The second-order valence-corrected chi connectivity index (χ2v) is 6.73. The fourth-order valence-electron chi connectivity index (χ4n) is 3.21. The van der Waals surface area contributed by atoms with Gasteiger partial charge in [-0.1, -0.05) is 12.1 Å². The summed E-state index contributed by atoms with van der Waals surface area (Å²) in [5.74, 6) is 0.430. The second kappa shape index (κ2) is 7.53. The normalized spacial score (nSPS) is 19.6. The monoisotopic (exact) mass is 369 g/mol. The van der Waals surface area contributed by atoms with E-state index in [-0.39, 0.29) is 18.0 Å². The maximum absolute atomic E-state index is 12.4. The highest BCUT2D eigenvalue weighted by Crippen LogP contribution is 2.23. The van der Waals surface area contributed by atoms with Crippen LogP contribution in [-0.4, -0.2) is 52.2 Å². The average Bonchev–Trinajstić information content (AvgIpc) is 2.65. The van der Waals surface area contributed by atoms with Crippen molar-refractivity contribution in [3.63, 3.8) is 0 Å². The van der Waals surface area contributed by atoms with Crippen LogP contribution in [0.4, 0.5) is 22.0 Å². The summed E-state index contributed by atoms with van der Waals surface area (Å²) in [6, 6.07) is 10.4. The van der Waals surface area contributed by atoms with E-state index < -0.39 is 6.09 Å². The lowest BCUT2D eigenvalue weighted by Gasteiger charge is -2.43. The van der Waals surface area contributed by atoms with E-state index in [0.717, 1.165) is 5.82 Å². The number of piperazine rings is 1. The van der Waals surface area contributed by atoms with Crippen LogP contribution in [0.25, 0.3) is 0 Å². The van der Waals surface area contributed by atoms with Gasteiger partial charge in [-0.2, -0.15) is 0 Å². The molecule has 1 aliphatic rings. The number of hydrogen-bond acceptors (Lipinski definition) is 5. The Balaban J connectivity index is 1.71. The van der Waals surface area contributed by atoms with Crippen molar-refractivity contribution in [2.75, 3.05) is 29.0 Å². The number of rotatable bonds is 3. The van der Waals surface area contributed by atoms with Gasteiger partial charge in [0, 0.05) is 31.4 Å². The van der Waals surface area contributed by atoms with E-state index >= 15 is 0 Å². The number of para-hydroxylation sites is 2. The van der Waals surface area contributed by atoms with Gasteiger partial charge in [-0.05, 0) is 38.1 Å². The standard InChI is InChI=1S/C19H23N5O3/c1-12-11-24(19(26)27)13(2)10-23(12)17-8-7-14(9-21-17)18(25)22-16-6-4-3-5-15(16)20/h3-9,12-13H,10-11,20H2,1-2H3,(H,22,25)(H,26,27). The number of nitrogens with one attached hydrogen (secondary N) is 1. The zero-order valence-corrected chi connectivity index (χ0v) is 15.3. The number of nitrogens with zero attached hydrogens (tertiary/aromatic N) is 3. The molecule has 3 rings (SSSR count). The predicted molar refractivity (Wildman–Crippen MR) is 104 cm³/mol. The van der Waals surface area contributed by atoms with E-state index in [2.05, 4.69) is 15.2 Å². The summed E-state index contributed by atoms with van der Waals surface area (Å²) in [5.41, 5.74) is 7.32. The first-order valence-corrected chi connectivity index (χ1v) is 8.75. The van der Waals surface area contributed by atoms with Crippen LogP contribution in [0.2, 0.25) is 0 Å². The van der Waals surface area contributed by atoms with Crippen LogP contribution in [0.3, 0.4) is 0 Å². The van der Waals surface area contributed by atoms with E-state index in [9.17, 15) is 14.7 Å². The Morgan fingerprint density at radius 1 is 1.15 bits per heavy atom. The number of aromatic nitrogens is 1. The zero-order valence-electron chi connectivity index (χ0n) is 15.3. The Labute approximate surface area is 157 Å². The Morgan fingerprint density at radius 3 is 2.52 bits per heavy atom. The molecule has 0 radical (unpaired) electrons. The molecule has 4 N–H and O–H groups in total. The number of nitrogens with two attached hydrogens (primary N) is 1. The lowest BCUT2D eigenvalue weighted by molar-refractivity contribution is 0.102. The number of carboxylic acid groups (broad SMARTS) is 1. The van der Waals surface area contributed by atoms with Gasteiger partial charge >= 0.3 is 6.09 Å². The number of pyridine rings is 1. The van der Waals surface area contributed by atoms with Gasteiger partial charge in [0.1, 0.15) is 5.82 Å². The number of hydrogen-bond donors (Lipinski definition) is 3. The van der Waals surface area contributed by atoms with Crippen molar-refractivity contribution in [3.05, 3.63) is 48.2 Å². The van der Waals surface area contributed by atoms with Crippen LogP contribution < -0.4 is 16.0 Å². The fraction of sp³-hybridized carbons (Fsp3) is 0.316. The van der Waals surface area contributed by atoms with Gasteiger partial charge in [0.15, 0.2) is 0 Å². The van der Waals surface area contributed by atoms with E-state index in [1.807, 2.05) is 13.8 Å². The summed E-state index contributed by atoms with van der Waals surface area (Å²) in [6.07, 6.45) is 0.610. The number of anilines is 3. The minimum absolute atomic E-state index is 0.00593. The fourth-order valence-corrected chi connectivity index (χ4v) is 3.21.